The molecule has 4 heteroatoms. The molecular formula is C15H20ClNO2. The highest BCUT2D eigenvalue weighted by atomic mass is 35.5. The molecule has 2 rings (SSSR count). The number of aromatic carboxylic acids is 1. The molecule has 1 aliphatic rings. The lowest BCUT2D eigenvalue weighted by Crippen LogP contribution is -2.09. The maximum Gasteiger partial charge on any atom is 0.339 e. The molecule has 0 aromatic heterocycles. The Bertz CT molecular complexity index is 442. The Kier molecular flexibility index (Phi) is 5.08. The van der Waals surface area contributed by atoms with Crippen LogP contribution in [0.3, 0.4) is 0 Å². The summed E-state index contributed by atoms with van der Waals surface area (Å²) >= 11 is 5.92. The van der Waals surface area contributed by atoms with E-state index in [9.17, 15) is 4.79 Å². The van der Waals surface area contributed by atoms with Gasteiger partial charge in [-0.25, -0.2) is 4.79 Å². The maximum absolute atomic E-state index is 11.2. The summed E-state index contributed by atoms with van der Waals surface area (Å²) in [5.41, 5.74) is 0.788. The second kappa shape index (κ2) is 6.80. The Morgan fingerprint density at radius 2 is 2.11 bits per heavy atom. The molecule has 0 heterocycles. The second-order valence-corrected chi connectivity index (χ2v) is 5.59. The van der Waals surface area contributed by atoms with Crippen molar-refractivity contribution in [3.63, 3.8) is 0 Å². The highest BCUT2D eigenvalue weighted by Crippen LogP contribution is 2.29. The lowest BCUT2D eigenvalue weighted by Gasteiger charge is -2.12. The van der Waals surface area contributed by atoms with Gasteiger partial charge in [-0.3, -0.25) is 0 Å². The molecule has 0 aliphatic heterocycles. The summed E-state index contributed by atoms with van der Waals surface area (Å²) < 4.78 is 0. The van der Waals surface area contributed by atoms with Crippen LogP contribution in [0.15, 0.2) is 18.2 Å². The Hall–Kier alpha value is -1.22. The van der Waals surface area contributed by atoms with Crippen molar-refractivity contribution in [3.05, 3.63) is 28.8 Å². The molecule has 1 aromatic rings. The van der Waals surface area contributed by atoms with Gasteiger partial charge in [0.1, 0.15) is 5.56 Å². The van der Waals surface area contributed by atoms with Gasteiger partial charge >= 0.3 is 5.97 Å². The van der Waals surface area contributed by atoms with Crippen LogP contribution in [0, 0.1) is 5.92 Å². The van der Waals surface area contributed by atoms with Crippen molar-refractivity contribution < 1.29 is 9.90 Å². The third-order valence-electron chi connectivity index (χ3n) is 3.81. The fraction of sp³-hybridized carbons (Fsp3) is 0.533. The zero-order valence-corrected chi connectivity index (χ0v) is 11.7. The molecule has 1 aromatic carbocycles. The Morgan fingerprint density at radius 1 is 1.37 bits per heavy atom. The Morgan fingerprint density at radius 3 is 2.79 bits per heavy atom. The predicted molar refractivity (Wildman–Crippen MR) is 78.1 cm³/mol. The molecule has 0 atom stereocenters. The van der Waals surface area contributed by atoms with Gasteiger partial charge in [0, 0.05) is 6.54 Å². The summed E-state index contributed by atoms with van der Waals surface area (Å²) in [6.45, 7) is 0.803. The minimum absolute atomic E-state index is 0.171. The van der Waals surface area contributed by atoms with Gasteiger partial charge in [-0.2, -0.15) is 0 Å². The monoisotopic (exact) mass is 281 g/mol. The molecule has 0 saturated heterocycles. The average Bonchev–Trinajstić information content (AvgIpc) is 2.87. The largest absolute Gasteiger partial charge is 0.478 e. The van der Waals surface area contributed by atoms with Crippen molar-refractivity contribution in [2.45, 2.75) is 38.5 Å². The van der Waals surface area contributed by atoms with Gasteiger partial charge in [0.25, 0.3) is 0 Å². The molecule has 1 fully saturated rings. The zero-order chi connectivity index (χ0) is 13.7. The third kappa shape index (κ3) is 3.87. The van der Waals surface area contributed by atoms with E-state index >= 15 is 0 Å². The number of hydrogen-bond acceptors (Lipinski definition) is 2. The number of anilines is 1. The lowest BCUT2D eigenvalue weighted by molar-refractivity contribution is 0.0698. The number of nitrogens with one attached hydrogen (secondary N) is 1. The van der Waals surface area contributed by atoms with Crippen LogP contribution in [0.2, 0.25) is 5.02 Å². The lowest BCUT2D eigenvalue weighted by atomic mass is 10.0. The number of carboxylic acid groups (broad SMARTS) is 1. The van der Waals surface area contributed by atoms with Crippen molar-refractivity contribution in [1.82, 2.24) is 0 Å². The maximum atomic E-state index is 11.2. The minimum Gasteiger partial charge on any atom is -0.478 e. The van der Waals surface area contributed by atoms with Gasteiger partial charge in [-0.1, -0.05) is 43.4 Å². The second-order valence-electron chi connectivity index (χ2n) is 5.19. The fourth-order valence-corrected chi connectivity index (χ4v) is 3.06. The Labute approximate surface area is 119 Å². The van der Waals surface area contributed by atoms with E-state index < -0.39 is 5.97 Å². The first-order valence-electron chi connectivity index (χ1n) is 6.94. The van der Waals surface area contributed by atoms with E-state index in [0.717, 1.165) is 18.9 Å². The van der Waals surface area contributed by atoms with Gasteiger partial charge in [-0.05, 0) is 30.9 Å². The van der Waals surface area contributed by atoms with Gasteiger partial charge < -0.3 is 10.4 Å². The van der Waals surface area contributed by atoms with Gasteiger partial charge in [0.05, 0.1) is 10.7 Å². The minimum atomic E-state index is -0.983. The standard InChI is InChI=1S/C15H20ClNO2/c16-12-8-3-9-13(14(12)15(18)19)17-10-4-7-11-5-1-2-6-11/h3,8-9,11,17H,1-2,4-7,10H2,(H,18,19). The molecule has 0 radical (unpaired) electrons. The number of benzene rings is 1. The number of hydrogen-bond donors (Lipinski definition) is 2. The molecule has 0 unspecified atom stereocenters. The normalized spacial score (nSPS) is 15.6. The van der Waals surface area contributed by atoms with Gasteiger partial charge in [0.15, 0.2) is 0 Å². The molecule has 19 heavy (non-hydrogen) atoms. The van der Waals surface area contributed by atoms with Crippen LogP contribution in [0.4, 0.5) is 5.69 Å². The van der Waals surface area contributed by atoms with Gasteiger partial charge in [-0.15, -0.1) is 0 Å². The van der Waals surface area contributed by atoms with Crippen molar-refractivity contribution in [1.29, 1.82) is 0 Å². The highest BCUT2D eigenvalue weighted by molar-refractivity contribution is 6.34. The third-order valence-corrected chi connectivity index (χ3v) is 4.12. The van der Waals surface area contributed by atoms with Crippen LogP contribution >= 0.6 is 11.6 Å². The van der Waals surface area contributed by atoms with Crippen molar-refractivity contribution in [2.24, 2.45) is 5.92 Å². The van der Waals surface area contributed by atoms with Crippen LogP contribution in [-0.4, -0.2) is 17.6 Å². The summed E-state index contributed by atoms with van der Waals surface area (Å²) in [5.74, 6) is -0.107. The van der Waals surface area contributed by atoms with Crippen molar-refractivity contribution in [2.75, 3.05) is 11.9 Å². The van der Waals surface area contributed by atoms with Crippen LogP contribution in [0.5, 0.6) is 0 Å². The summed E-state index contributed by atoms with van der Waals surface area (Å²) in [6, 6.07) is 5.15. The molecule has 1 aliphatic carbocycles. The van der Waals surface area contributed by atoms with Gasteiger partial charge in [0.2, 0.25) is 0 Å². The molecule has 0 amide bonds. The summed E-state index contributed by atoms with van der Waals surface area (Å²) in [6.07, 6.45) is 7.77. The zero-order valence-electron chi connectivity index (χ0n) is 11.0. The topological polar surface area (TPSA) is 49.3 Å². The summed E-state index contributed by atoms with van der Waals surface area (Å²) in [7, 11) is 0. The Balaban J connectivity index is 1.85. The van der Waals surface area contributed by atoms with E-state index in [-0.39, 0.29) is 10.6 Å². The van der Waals surface area contributed by atoms with E-state index in [0.29, 0.717) is 5.69 Å². The van der Waals surface area contributed by atoms with E-state index in [2.05, 4.69) is 5.32 Å². The van der Waals surface area contributed by atoms with E-state index in [4.69, 9.17) is 16.7 Å². The predicted octanol–water partition coefficient (Wildman–Crippen LogP) is 4.42. The molecule has 2 N–H and O–H groups in total. The molecule has 0 bridgehead atoms. The first kappa shape index (κ1) is 14.2. The molecular weight excluding hydrogens is 262 g/mol. The van der Waals surface area contributed by atoms with Crippen LogP contribution in [-0.2, 0) is 0 Å². The van der Waals surface area contributed by atoms with Crippen LogP contribution in [0.1, 0.15) is 48.9 Å². The smallest absolute Gasteiger partial charge is 0.339 e. The SMILES string of the molecule is O=C(O)c1c(Cl)cccc1NCCCC1CCCC1. The number of carboxylic acids is 1. The number of rotatable bonds is 6. The van der Waals surface area contributed by atoms with E-state index in [1.165, 1.54) is 32.1 Å². The molecule has 3 nitrogen and oxygen atoms in total. The number of carbonyl (C=O) groups is 1. The summed E-state index contributed by atoms with van der Waals surface area (Å²) in [5, 5.41) is 12.6. The van der Waals surface area contributed by atoms with Crippen LogP contribution in [0.25, 0.3) is 0 Å². The van der Waals surface area contributed by atoms with Crippen molar-refractivity contribution >= 4 is 23.3 Å². The van der Waals surface area contributed by atoms with Crippen LogP contribution < -0.4 is 5.32 Å². The van der Waals surface area contributed by atoms with E-state index in [1.54, 1.807) is 18.2 Å². The molecule has 1 saturated carbocycles. The summed E-state index contributed by atoms with van der Waals surface area (Å²) in [4.78, 5) is 11.2. The van der Waals surface area contributed by atoms with Crippen molar-refractivity contribution in [3.8, 4) is 0 Å². The van der Waals surface area contributed by atoms with E-state index in [1.807, 2.05) is 0 Å². The number of halogens is 1. The highest BCUT2D eigenvalue weighted by Gasteiger charge is 2.15. The molecule has 104 valence electrons. The first-order chi connectivity index (χ1) is 9.18. The fourth-order valence-electron chi connectivity index (χ4n) is 2.80. The average molecular weight is 282 g/mol. The molecule has 0 spiro atoms. The first-order valence-corrected chi connectivity index (χ1v) is 7.32. The quantitative estimate of drug-likeness (QED) is 0.759.